The largest absolute Gasteiger partial charge is 0.477 e. The number of alkyl halides is 1. The van der Waals surface area contributed by atoms with E-state index in [0.717, 1.165) is 25.4 Å². The van der Waals surface area contributed by atoms with Gasteiger partial charge in [-0.05, 0) is 13.1 Å². The summed E-state index contributed by atoms with van der Waals surface area (Å²) in [5.74, 6) is -1.80. The number of carboxylic acid groups (broad SMARTS) is 1. The Labute approximate surface area is 157 Å². The number of aromatic nitrogens is 1. The highest BCUT2D eigenvalue weighted by Crippen LogP contribution is 2.41. The summed E-state index contributed by atoms with van der Waals surface area (Å²) in [4.78, 5) is 28.6. The summed E-state index contributed by atoms with van der Waals surface area (Å²) in [6.45, 7) is 1.98. The molecule has 2 aliphatic rings. The molecule has 0 aliphatic carbocycles. The first-order valence-corrected chi connectivity index (χ1v) is 9.43. The van der Waals surface area contributed by atoms with Crippen LogP contribution in [0.2, 0.25) is 0 Å². The number of hydrogen-bond donors (Lipinski definition) is 1. The Balaban J connectivity index is 2.01. The number of pyridine rings is 1. The average molecular weight is 396 g/mol. The predicted octanol–water partition coefficient (Wildman–Crippen LogP) is 1.52. The van der Waals surface area contributed by atoms with Gasteiger partial charge in [0.1, 0.15) is 11.4 Å². The normalized spacial score (nSPS) is 17.6. The molecule has 2 aliphatic heterocycles. The number of piperazine rings is 1. The quantitative estimate of drug-likeness (QED) is 0.789. The maximum atomic E-state index is 15.0. The standard InChI is InChI=1S/C17H18F2N4O3S/c1-20-2-4-21(5-3-20)14-12(19)6-10-13-16(14)27-9-22(8-18)23(13)7-11(15(10)24)17(25)26/h6-7H,2-5,8-9H2,1H3,(H,25,26). The van der Waals surface area contributed by atoms with Crippen molar-refractivity contribution in [3.8, 4) is 0 Å². The first-order chi connectivity index (χ1) is 12.9. The SMILES string of the molecule is CN1CCN(c2c(F)cc3c(=O)c(C(=O)O)cn4c3c2SCN4CF)CC1. The van der Waals surface area contributed by atoms with Crippen LogP contribution in [-0.2, 0) is 0 Å². The lowest BCUT2D eigenvalue weighted by Crippen LogP contribution is -2.45. The Morgan fingerprint density at radius 1 is 1.30 bits per heavy atom. The third-order valence-corrected chi connectivity index (χ3v) is 6.11. The Bertz CT molecular complexity index is 989. The van der Waals surface area contributed by atoms with Gasteiger partial charge >= 0.3 is 5.97 Å². The average Bonchev–Trinajstić information content (AvgIpc) is 2.65. The fourth-order valence-corrected chi connectivity index (χ4v) is 4.70. The Hall–Kier alpha value is -2.33. The van der Waals surface area contributed by atoms with Crippen LogP contribution in [-0.4, -0.2) is 66.6 Å². The van der Waals surface area contributed by atoms with Gasteiger partial charge in [-0.2, -0.15) is 0 Å². The predicted molar refractivity (Wildman–Crippen MR) is 99.8 cm³/mol. The fourth-order valence-electron chi connectivity index (χ4n) is 3.53. The molecule has 1 fully saturated rings. The molecule has 1 aromatic heterocycles. The molecular formula is C17H18F2N4O3S. The molecule has 0 spiro atoms. The minimum Gasteiger partial charge on any atom is -0.477 e. The lowest BCUT2D eigenvalue weighted by molar-refractivity contribution is 0.0694. The lowest BCUT2D eigenvalue weighted by Gasteiger charge is -2.37. The molecule has 3 heterocycles. The van der Waals surface area contributed by atoms with Crippen molar-refractivity contribution < 1.29 is 18.7 Å². The number of anilines is 1. The van der Waals surface area contributed by atoms with E-state index in [0.29, 0.717) is 29.2 Å². The van der Waals surface area contributed by atoms with Crippen LogP contribution >= 0.6 is 11.8 Å². The molecule has 4 rings (SSSR count). The van der Waals surface area contributed by atoms with Gasteiger partial charge in [0.25, 0.3) is 0 Å². The highest BCUT2D eigenvalue weighted by atomic mass is 32.2. The van der Waals surface area contributed by atoms with Crippen LogP contribution in [0.25, 0.3) is 10.9 Å². The first-order valence-electron chi connectivity index (χ1n) is 8.45. The van der Waals surface area contributed by atoms with Crippen molar-refractivity contribution in [2.24, 2.45) is 0 Å². The van der Waals surface area contributed by atoms with Gasteiger partial charge in [-0.1, -0.05) is 11.8 Å². The van der Waals surface area contributed by atoms with Crippen molar-refractivity contribution in [3.63, 3.8) is 0 Å². The van der Waals surface area contributed by atoms with Gasteiger partial charge in [0.15, 0.2) is 6.80 Å². The van der Waals surface area contributed by atoms with E-state index in [4.69, 9.17) is 0 Å². The van der Waals surface area contributed by atoms with Gasteiger partial charge in [0.2, 0.25) is 5.43 Å². The molecule has 27 heavy (non-hydrogen) atoms. The molecule has 1 N–H and O–H groups in total. The Morgan fingerprint density at radius 2 is 2.00 bits per heavy atom. The number of nitrogens with zero attached hydrogens (tertiary/aromatic N) is 4. The number of aromatic carboxylic acids is 1. The number of carboxylic acids is 1. The zero-order chi connectivity index (χ0) is 19.3. The second-order valence-corrected chi connectivity index (χ2v) is 7.60. The number of carbonyl (C=O) groups is 1. The van der Waals surface area contributed by atoms with Gasteiger partial charge in [0.05, 0.1) is 27.4 Å². The van der Waals surface area contributed by atoms with E-state index in [1.54, 1.807) is 0 Å². The maximum absolute atomic E-state index is 15.0. The van der Waals surface area contributed by atoms with Crippen molar-refractivity contribution in [3.05, 3.63) is 33.9 Å². The van der Waals surface area contributed by atoms with Crippen LogP contribution < -0.4 is 15.3 Å². The third kappa shape index (κ3) is 2.83. The topological polar surface area (TPSA) is 69.0 Å². The molecule has 10 heteroatoms. The van der Waals surface area contributed by atoms with Crippen molar-refractivity contribution in [1.82, 2.24) is 9.58 Å². The molecule has 1 aromatic carbocycles. The van der Waals surface area contributed by atoms with Crippen molar-refractivity contribution in [1.29, 1.82) is 0 Å². The van der Waals surface area contributed by atoms with Gasteiger partial charge in [-0.3, -0.25) is 14.5 Å². The van der Waals surface area contributed by atoms with Gasteiger partial charge in [-0.15, -0.1) is 0 Å². The second kappa shape index (κ2) is 6.68. The summed E-state index contributed by atoms with van der Waals surface area (Å²) in [5, 5.41) is 10.5. The van der Waals surface area contributed by atoms with E-state index in [-0.39, 0.29) is 11.3 Å². The molecule has 0 radical (unpaired) electrons. The highest BCUT2D eigenvalue weighted by Gasteiger charge is 2.30. The zero-order valence-corrected chi connectivity index (χ0v) is 15.4. The molecule has 0 saturated carbocycles. The van der Waals surface area contributed by atoms with E-state index in [2.05, 4.69) is 4.90 Å². The first kappa shape index (κ1) is 18.1. The molecular weight excluding hydrogens is 378 g/mol. The summed E-state index contributed by atoms with van der Waals surface area (Å²) >= 11 is 1.26. The van der Waals surface area contributed by atoms with Gasteiger partial charge in [0, 0.05) is 32.4 Å². The van der Waals surface area contributed by atoms with Gasteiger partial charge in [-0.25, -0.2) is 13.6 Å². The van der Waals surface area contributed by atoms with Crippen molar-refractivity contribution in [2.45, 2.75) is 4.90 Å². The second-order valence-electron chi connectivity index (χ2n) is 6.64. The van der Waals surface area contributed by atoms with Crippen LogP contribution in [0, 0.1) is 5.82 Å². The van der Waals surface area contributed by atoms with E-state index in [1.165, 1.54) is 21.4 Å². The minimum atomic E-state index is -1.42. The molecule has 2 aromatic rings. The number of hydrogen-bond acceptors (Lipinski definition) is 6. The van der Waals surface area contributed by atoms with E-state index >= 15 is 4.39 Å². The smallest absolute Gasteiger partial charge is 0.341 e. The maximum Gasteiger partial charge on any atom is 0.341 e. The zero-order valence-electron chi connectivity index (χ0n) is 14.6. The molecule has 0 amide bonds. The van der Waals surface area contributed by atoms with Crippen LogP contribution in [0.4, 0.5) is 14.5 Å². The molecule has 0 unspecified atom stereocenters. The van der Waals surface area contributed by atoms with E-state index < -0.39 is 29.6 Å². The molecule has 144 valence electrons. The number of rotatable bonds is 3. The molecule has 0 bridgehead atoms. The summed E-state index contributed by atoms with van der Waals surface area (Å²) in [6, 6.07) is 1.08. The summed E-state index contributed by atoms with van der Waals surface area (Å²) < 4.78 is 29.9. The summed E-state index contributed by atoms with van der Waals surface area (Å²) in [7, 11) is 2.00. The van der Waals surface area contributed by atoms with Crippen molar-refractivity contribution in [2.75, 3.05) is 55.8 Å². The highest BCUT2D eigenvalue weighted by molar-refractivity contribution is 7.99. The van der Waals surface area contributed by atoms with Crippen LogP contribution in [0.5, 0.6) is 0 Å². The minimum absolute atomic E-state index is 0.0501. The Morgan fingerprint density at radius 3 is 2.63 bits per heavy atom. The van der Waals surface area contributed by atoms with Crippen LogP contribution in [0.15, 0.2) is 22.0 Å². The number of thioether (sulfide) groups is 1. The number of likely N-dealkylation sites (N-methyl/N-ethyl adjacent to an activating group) is 1. The monoisotopic (exact) mass is 396 g/mol. The lowest BCUT2D eigenvalue weighted by atomic mass is 10.1. The van der Waals surface area contributed by atoms with Crippen LogP contribution in [0.1, 0.15) is 10.4 Å². The van der Waals surface area contributed by atoms with E-state index in [1.807, 2.05) is 11.9 Å². The number of benzene rings is 1. The number of halogens is 2. The van der Waals surface area contributed by atoms with E-state index in [9.17, 15) is 19.1 Å². The molecule has 1 saturated heterocycles. The fraction of sp³-hybridized carbons (Fsp3) is 0.412. The van der Waals surface area contributed by atoms with Crippen LogP contribution in [0.3, 0.4) is 0 Å². The third-order valence-electron chi connectivity index (χ3n) is 5.00. The summed E-state index contributed by atoms with van der Waals surface area (Å²) in [5.41, 5.74) is -0.518. The molecule has 7 nitrogen and oxygen atoms in total. The Kier molecular flexibility index (Phi) is 4.47. The van der Waals surface area contributed by atoms with Gasteiger partial charge < -0.3 is 14.9 Å². The molecule has 0 atom stereocenters. The van der Waals surface area contributed by atoms with Crippen molar-refractivity contribution >= 4 is 34.3 Å². The summed E-state index contributed by atoms with van der Waals surface area (Å²) in [6.07, 6.45) is 1.13.